The van der Waals surface area contributed by atoms with Crippen molar-refractivity contribution in [1.29, 1.82) is 0 Å². The maximum absolute atomic E-state index is 5.94. The molecule has 0 aliphatic heterocycles. The molecule has 0 saturated heterocycles. The second-order valence-electron chi connectivity index (χ2n) is 35.5. The number of rotatable bonds is 6. The van der Waals surface area contributed by atoms with Gasteiger partial charge in [0.05, 0.1) is 5.41 Å². The van der Waals surface area contributed by atoms with E-state index in [9.17, 15) is 0 Å². The number of fused-ring (bicyclic) bond motifs is 23. The smallest absolute Gasteiger partial charge is 0.136 e. The zero-order valence-corrected chi connectivity index (χ0v) is 71.8. The summed E-state index contributed by atoms with van der Waals surface area (Å²) in [6.45, 7) is 27.0. The molecule has 0 amide bonds. The third-order valence-electron chi connectivity index (χ3n) is 27.6. The van der Waals surface area contributed by atoms with Crippen molar-refractivity contribution in [2.75, 3.05) is 0 Å². The lowest BCUT2D eigenvalue weighted by Crippen LogP contribution is -2.30. The van der Waals surface area contributed by atoms with Gasteiger partial charge in [-0.25, -0.2) is 0 Å². The van der Waals surface area contributed by atoms with Crippen molar-refractivity contribution < 1.29 is 4.42 Å². The number of benzene rings is 17. The lowest BCUT2D eigenvalue weighted by atomic mass is 9.65. The number of hydrogen-bond acceptors (Lipinski definition) is 1. The van der Waals surface area contributed by atoms with Crippen LogP contribution in [0.4, 0.5) is 0 Å². The molecule has 23 rings (SSSR count). The normalized spacial score (nSPS) is 14.4. The first-order chi connectivity index (χ1) is 58.4. The van der Waals surface area contributed by atoms with Gasteiger partial charge in [-0.15, -0.1) is 0 Å². The van der Waals surface area contributed by atoms with Gasteiger partial charge in [-0.1, -0.05) is 428 Å². The summed E-state index contributed by atoms with van der Waals surface area (Å²) in [5.74, 6) is 0. The summed E-state index contributed by atoms with van der Waals surface area (Å²) >= 11 is 0. The third kappa shape index (κ3) is 13.4. The summed E-state index contributed by atoms with van der Waals surface area (Å²) < 4.78 is 5.94. The van der Waals surface area contributed by atoms with Crippen molar-refractivity contribution >= 4 is 54.3 Å². The summed E-state index contributed by atoms with van der Waals surface area (Å²) in [5.41, 5.74) is 39.1. The zero-order valence-electron chi connectivity index (χ0n) is 71.8. The maximum Gasteiger partial charge on any atom is 0.136 e. The fourth-order valence-electron chi connectivity index (χ4n) is 21.5. The maximum atomic E-state index is 5.94. The van der Waals surface area contributed by atoms with Gasteiger partial charge in [0.2, 0.25) is 0 Å². The summed E-state index contributed by atoms with van der Waals surface area (Å²) in [6.07, 6.45) is 7.78. The second-order valence-corrected chi connectivity index (χ2v) is 35.5. The van der Waals surface area contributed by atoms with E-state index in [0.717, 1.165) is 11.2 Å². The molecule has 0 unspecified atom stereocenters. The van der Waals surface area contributed by atoms with Gasteiger partial charge in [-0.2, -0.15) is 0 Å². The van der Waals surface area contributed by atoms with Gasteiger partial charge in [-0.3, -0.25) is 0 Å². The molecule has 18 aromatic rings. The fourth-order valence-corrected chi connectivity index (χ4v) is 21.5. The highest BCUT2D eigenvalue weighted by Crippen LogP contribution is 2.59. The fraction of sp³-hybridized carbons (Fsp3) is 0.193. The van der Waals surface area contributed by atoms with Gasteiger partial charge in [0.25, 0.3) is 0 Å². The highest BCUT2D eigenvalue weighted by Gasteiger charge is 2.46. The first-order valence-electron chi connectivity index (χ1n) is 43.6. The highest BCUT2D eigenvalue weighted by atomic mass is 16.3. The van der Waals surface area contributed by atoms with E-state index < -0.39 is 0 Å². The highest BCUT2D eigenvalue weighted by molar-refractivity contribution is 6.19. The van der Waals surface area contributed by atoms with Gasteiger partial charge in [-0.05, 0) is 234 Å². The first kappa shape index (κ1) is 78.5. The predicted molar refractivity (Wildman–Crippen MR) is 512 cm³/mol. The average molecular weight is 1550 g/mol. The van der Waals surface area contributed by atoms with Crippen LogP contribution in [0.15, 0.2) is 368 Å². The largest absolute Gasteiger partial charge is 0.456 e. The van der Waals surface area contributed by atoms with Crippen molar-refractivity contribution in [3.05, 3.63) is 464 Å². The summed E-state index contributed by atoms with van der Waals surface area (Å²) in [6, 6.07) is 132. The predicted octanol–water partition coefficient (Wildman–Crippen LogP) is 32.3. The van der Waals surface area contributed by atoms with Crippen LogP contribution in [0, 0.1) is 41.5 Å². The Balaban J connectivity index is 0.0000000992. The van der Waals surface area contributed by atoms with Crippen molar-refractivity contribution in [3.63, 3.8) is 0 Å². The minimum absolute atomic E-state index is 0.0979. The average Bonchev–Trinajstić information content (AvgIpc) is 1.62. The van der Waals surface area contributed by atoms with E-state index in [1.165, 1.54) is 215 Å². The molecule has 5 aliphatic carbocycles. The van der Waals surface area contributed by atoms with Crippen LogP contribution < -0.4 is 0 Å². The van der Waals surface area contributed by atoms with Crippen molar-refractivity contribution in [2.24, 2.45) is 0 Å². The van der Waals surface area contributed by atoms with Crippen LogP contribution in [0.1, 0.15) is 180 Å². The van der Waals surface area contributed by atoms with Gasteiger partial charge >= 0.3 is 0 Å². The molecule has 1 nitrogen and oxygen atoms in total. The minimum atomic E-state index is -0.336. The number of furan rings is 1. The molecule has 17 aromatic carbocycles. The molecular weight excluding hydrogens is 1450 g/mol. The Morgan fingerprint density at radius 1 is 0.267 bits per heavy atom. The van der Waals surface area contributed by atoms with Crippen LogP contribution in [0.3, 0.4) is 0 Å². The molecular formula is C119H108O. The van der Waals surface area contributed by atoms with Crippen LogP contribution in [0.2, 0.25) is 0 Å². The Hall–Kier alpha value is -12.7. The summed E-state index contributed by atoms with van der Waals surface area (Å²) in [4.78, 5) is 0. The molecule has 0 N–H and O–H groups in total. The molecule has 1 fully saturated rings. The van der Waals surface area contributed by atoms with E-state index in [4.69, 9.17) is 4.42 Å². The van der Waals surface area contributed by atoms with Gasteiger partial charge in [0, 0.05) is 32.4 Å². The lowest BCUT2D eigenvalue weighted by Gasteiger charge is -2.36. The standard InChI is InChI=1S/C26H22.2C20H18.C18H18.C18H20.C17H12O/c1-21-17-19-25(20-18-21)26(22-11-5-2-6-12-22,23-13-7-3-8-14-23)24-15-9-4-10-16-24;1-13-12-18-19(15-9-5-4-8-14(13)15)16-10-6-7-11-17(16)20(18,2)3;1-13-8-10-16-18(12-13)20(2,3)17-11-9-14-6-4-5-7-15(14)19(16)17;1-13-8-9-15-14-6-2-3-7-16(14)18(17(15)12-13)10-4-5-11-18;1-4-18(5-2)16-9-7-6-8-14(16)15-11-10-13(3)12-17(15)18;1-11-6-8-14-16(10-11)18-15-9-7-12-4-2-3-5-13(12)17(14)15/h2-20H,1H3;2*4-12H,1-3H3;2-3,6-9,12H,4-5,10-11H2,1H3;6-12H,4-5H2,1-3H3;2-10H,1H3. The van der Waals surface area contributed by atoms with Crippen molar-refractivity contribution in [2.45, 2.75) is 149 Å². The van der Waals surface area contributed by atoms with Crippen molar-refractivity contribution in [3.8, 4) is 44.5 Å². The van der Waals surface area contributed by atoms with E-state index in [-0.39, 0.29) is 21.7 Å². The van der Waals surface area contributed by atoms with Gasteiger partial charge in [0.15, 0.2) is 0 Å². The summed E-state index contributed by atoms with van der Waals surface area (Å²) in [7, 11) is 0. The molecule has 1 spiro atoms. The number of hydrogen-bond donors (Lipinski definition) is 0. The number of aryl methyl sites for hydroxylation is 6. The monoisotopic (exact) mass is 1550 g/mol. The Bertz CT molecular complexity index is 6660. The topological polar surface area (TPSA) is 13.1 Å². The molecule has 0 bridgehead atoms. The molecule has 590 valence electrons. The van der Waals surface area contributed by atoms with Crippen LogP contribution in [-0.2, 0) is 27.1 Å². The van der Waals surface area contributed by atoms with Crippen LogP contribution >= 0.6 is 0 Å². The Morgan fingerprint density at radius 2 is 0.675 bits per heavy atom. The zero-order chi connectivity index (χ0) is 82.7. The van der Waals surface area contributed by atoms with E-state index in [2.05, 4.69) is 447 Å². The van der Waals surface area contributed by atoms with E-state index in [1.54, 1.807) is 11.1 Å². The Kier molecular flexibility index (Phi) is 20.9. The third-order valence-corrected chi connectivity index (χ3v) is 27.6. The van der Waals surface area contributed by atoms with Crippen LogP contribution in [0.25, 0.3) is 98.8 Å². The molecule has 1 saturated carbocycles. The Morgan fingerprint density at radius 3 is 1.28 bits per heavy atom. The molecule has 5 aliphatic rings. The molecule has 1 heteroatoms. The first-order valence-corrected chi connectivity index (χ1v) is 43.6. The molecule has 1 aromatic heterocycles. The molecule has 0 atom stereocenters. The van der Waals surface area contributed by atoms with Crippen LogP contribution in [-0.4, -0.2) is 0 Å². The van der Waals surface area contributed by atoms with Gasteiger partial charge < -0.3 is 4.42 Å². The van der Waals surface area contributed by atoms with Crippen LogP contribution in [0.5, 0.6) is 0 Å². The minimum Gasteiger partial charge on any atom is -0.456 e. The van der Waals surface area contributed by atoms with Gasteiger partial charge in [0.1, 0.15) is 11.2 Å². The SMILES string of the molecule is CCC1(CC)c2ccccc2-c2ccc(C)cc21.Cc1cc2c(c3ccccc13)-c1ccccc1C2(C)C.Cc1ccc(C(c2ccccc2)(c2ccccc2)c2ccccc2)cc1.Cc1ccc2c(c1)C(C)(C)c1ccc3ccccc3c1-2.Cc1ccc2c(c1)C1(CCCC1)c1ccccc1-2.Cc1ccc2c(c1)oc1ccc3ccccc3c12. The molecule has 0 radical (unpaired) electrons. The summed E-state index contributed by atoms with van der Waals surface area (Å²) in [5, 5.41) is 10.4. The quantitative estimate of drug-likeness (QED) is 0.151. The van der Waals surface area contributed by atoms with Crippen molar-refractivity contribution in [1.82, 2.24) is 0 Å². The molecule has 120 heavy (non-hydrogen) atoms. The van der Waals surface area contributed by atoms with E-state index in [0.29, 0.717) is 5.41 Å². The second kappa shape index (κ2) is 31.9. The van der Waals surface area contributed by atoms with E-state index in [1.807, 2.05) is 0 Å². The Labute approximate surface area is 711 Å². The molecule has 1 heterocycles. The van der Waals surface area contributed by atoms with E-state index >= 15 is 0 Å². The lowest BCUT2D eigenvalue weighted by molar-refractivity contribution is 0.490.